The predicted octanol–water partition coefficient (Wildman–Crippen LogP) is -0.532. The molecule has 0 fully saturated rings. The molecule has 0 atom stereocenters. The summed E-state index contributed by atoms with van der Waals surface area (Å²) in [4.78, 5) is 10.7. The van der Waals surface area contributed by atoms with Crippen molar-refractivity contribution in [1.82, 2.24) is 20.1 Å². The van der Waals surface area contributed by atoms with Crippen LogP contribution >= 0.6 is 0 Å². The largest absolute Gasteiger partial charge is 0.469 e. The standard InChI is InChI=1S/C8H14N4O2/c1-12-6-10-11-7(12)5-9-4-3-8(13)14-2/h6,9H,3-5H2,1-2H3. The van der Waals surface area contributed by atoms with Crippen LogP contribution < -0.4 is 5.32 Å². The Morgan fingerprint density at radius 2 is 2.50 bits per heavy atom. The smallest absolute Gasteiger partial charge is 0.306 e. The summed E-state index contributed by atoms with van der Waals surface area (Å²) < 4.78 is 6.32. The molecule has 14 heavy (non-hydrogen) atoms. The molecule has 0 aromatic carbocycles. The maximum Gasteiger partial charge on any atom is 0.306 e. The van der Waals surface area contributed by atoms with Crippen LogP contribution in [0.3, 0.4) is 0 Å². The van der Waals surface area contributed by atoms with Crippen molar-refractivity contribution in [3.8, 4) is 0 Å². The molecule has 0 aliphatic rings. The van der Waals surface area contributed by atoms with Gasteiger partial charge in [0, 0.05) is 13.6 Å². The molecule has 0 aliphatic heterocycles. The molecule has 1 rings (SSSR count). The van der Waals surface area contributed by atoms with Crippen LogP contribution in [0.25, 0.3) is 0 Å². The molecule has 0 unspecified atom stereocenters. The first-order chi connectivity index (χ1) is 6.74. The third-order valence-electron chi connectivity index (χ3n) is 1.82. The third kappa shape index (κ3) is 3.14. The van der Waals surface area contributed by atoms with Gasteiger partial charge in [-0.25, -0.2) is 0 Å². The molecule has 1 heterocycles. The quantitative estimate of drug-likeness (QED) is 0.508. The monoisotopic (exact) mass is 198 g/mol. The highest BCUT2D eigenvalue weighted by Crippen LogP contribution is 1.90. The normalized spacial score (nSPS) is 10.1. The van der Waals surface area contributed by atoms with Crippen molar-refractivity contribution in [2.24, 2.45) is 7.05 Å². The maximum atomic E-state index is 10.7. The number of carbonyl (C=O) groups excluding carboxylic acids is 1. The SMILES string of the molecule is COC(=O)CCNCc1nncn1C. The summed E-state index contributed by atoms with van der Waals surface area (Å²) >= 11 is 0. The molecule has 1 aromatic rings. The fraction of sp³-hybridized carbons (Fsp3) is 0.625. The number of hydrogen-bond acceptors (Lipinski definition) is 5. The Hall–Kier alpha value is -1.43. The van der Waals surface area contributed by atoms with Gasteiger partial charge in [-0.3, -0.25) is 4.79 Å². The molecule has 0 radical (unpaired) electrons. The van der Waals surface area contributed by atoms with Gasteiger partial charge in [0.1, 0.15) is 12.2 Å². The zero-order valence-electron chi connectivity index (χ0n) is 8.36. The minimum absolute atomic E-state index is 0.213. The van der Waals surface area contributed by atoms with Crippen LogP contribution in [0, 0.1) is 0 Å². The second-order valence-electron chi connectivity index (χ2n) is 2.86. The molecule has 6 nitrogen and oxygen atoms in total. The first-order valence-electron chi connectivity index (χ1n) is 4.34. The van der Waals surface area contributed by atoms with Crippen molar-refractivity contribution in [3.63, 3.8) is 0 Å². The van der Waals surface area contributed by atoms with Gasteiger partial charge in [-0.1, -0.05) is 0 Å². The maximum absolute atomic E-state index is 10.7. The zero-order valence-corrected chi connectivity index (χ0v) is 8.36. The molecule has 0 saturated carbocycles. The summed E-state index contributed by atoms with van der Waals surface area (Å²) in [7, 11) is 3.25. The number of aryl methyl sites for hydroxylation is 1. The van der Waals surface area contributed by atoms with Crippen LogP contribution in [0.5, 0.6) is 0 Å². The minimum Gasteiger partial charge on any atom is -0.469 e. The van der Waals surface area contributed by atoms with Crippen LogP contribution in [0.1, 0.15) is 12.2 Å². The van der Waals surface area contributed by atoms with Crippen LogP contribution in [0.15, 0.2) is 6.33 Å². The van der Waals surface area contributed by atoms with Crippen molar-refractivity contribution in [1.29, 1.82) is 0 Å². The van der Waals surface area contributed by atoms with Crippen molar-refractivity contribution >= 4 is 5.97 Å². The Morgan fingerprint density at radius 1 is 1.71 bits per heavy atom. The predicted molar refractivity (Wildman–Crippen MR) is 49.3 cm³/mol. The van der Waals surface area contributed by atoms with Crippen molar-refractivity contribution in [3.05, 3.63) is 12.2 Å². The van der Waals surface area contributed by atoms with Crippen LogP contribution in [0.4, 0.5) is 0 Å². The summed E-state index contributed by atoms with van der Waals surface area (Å²) in [5, 5.41) is 10.7. The van der Waals surface area contributed by atoms with E-state index in [0.717, 1.165) is 5.82 Å². The molecule has 0 saturated heterocycles. The van der Waals surface area contributed by atoms with Crippen LogP contribution in [0.2, 0.25) is 0 Å². The lowest BCUT2D eigenvalue weighted by atomic mass is 10.4. The van der Waals surface area contributed by atoms with Gasteiger partial charge in [-0.2, -0.15) is 0 Å². The number of nitrogens with zero attached hydrogens (tertiary/aromatic N) is 3. The number of aromatic nitrogens is 3. The summed E-state index contributed by atoms with van der Waals surface area (Å²) in [6.07, 6.45) is 2.01. The van der Waals surface area contributed by atoms with Gasteiger partial charge < -0.3 is 14.6 Å². The lowest BCUT2D eigenvalue weighted by Crippen LogP contribution is -2.20. The van der Waals surface area contributed by atoms with Gasteiger partial charge in [0.05, 0.1) is 20.1 Å². The van der Waals surface area contributed by atoms with E-state index >= 15 is 0 Å². The summed E-state index contributed by atoms with van der Waals surface area (Å²) in [6, 6.07) is 0. The average Bonchev–Trinajstić information content (AvgIpc) is 2.58. The number of hydrogen-bond donors (Lipinski definition) is 1. The third-order valence-corrected chi connectivity index (χ3v) is 1.82. The van der Waals surface area contributed by atoms with E-state index in [1.54, 1.807) is 6.33 Å². The second kappa shape index (κ2) is 5.33. The van der Waals surface area contributed by atoms with Gasteiger partial charge in [0.2, 0.25) is 0 Å². The number of esters is 1. The lowest BCUT2D eigenvalue weighted by molar-refractivity contribution is -0.140. The van der Waals surface area contributed by atoms with Gasteiger partial charge >= 0.3 is 5.97 Å². The van der Waals surface area contributed by atoms with Crippen LogP contribution in [-0.2, 0) is 23.1 Å². The summed E-state index contributed by atoms with van der Waals surface area (Å²) in [5.74, 6) is 0.630. The highest BCUT2D eigenvalue weighted by atomic mass is 16.5. The average molecular weight is 198 g/mol. The van der Waals surface area contributed by atoms with E-state index in [-0.39, 0.29) is 5.97 Å². The minimum atomic E-state index is -0.213. The highest BCUT2D eigenvalue weighted by molar-refractivity contribution is 5.69. The van der Waals surface area contributed by atoms with Crippen molar-refractivity contribution < 1.29 is 9.53 Å². The Morgan fingerprint density at radius 3 is 3.07 bits per heavy atom. The molecule has 0 bridgehead atoms. The van der Waals surface area contributed by atoms with E-state index in [2.05, 4.69) is 20.3 Å². The summed E-state index contributed by atoms with van der Waals surface area (Å²) in [5.41, 5.74) is 0. The Bertz CT molecular complexity index is 297. The van der Waals surface area contributed by atoms with E-state index in [4.69, 9.17) is 0 Å². The topological polar surface area (TPSA) is 69.0 Å². The molecular formula is C8H14N4O2. The lowest BCUT2D eigenvalue weighted by Gasteiger charge is -2.02. The number of nitrogens with one attached hydrogen (secondary N) is 1. The second-order valence-corrected chi connectivity index (χ2v) is 2.86. The number of carbonyl (C=O) groups is 1. The summed E-state index contributed by atoms with van der Waals surface area (Å²) in [6.45, 7) is 1.19. The highest BCUT2D eigenvalue weighted by Gasteiger charge is 2.01. The molecule has 0 spiro atoms. The Labute approximate surface area is 82.3 Å². The molecule has 78 valence electrons. The van der Waals surface area contributed by atoms with E-state index in [1.807, 2.05) is 11.6 Å². The molecule has 0 aliphatic carbocycles. The first-order valence-corrected chi connectivity index (χ1v) is 4.34. The molecule has 1 aromatic heterocycles. The molecular weight excluding hydrogens is 184 g/mol. The zero-order chi connectivity index (χ0) is 10.4. The molecule has 1 N–H and O–H groups in total. The number of ether oxygens (including phenoxy) is 1. The fourth-order valence-electron chi connectivity index (χ4n) is 0.960. The van der Waals surface area contributed by atoms with Crippen molar-refractivity contribution in [2.75, 3.05) is 13.7 Å². The van der Waals surface area contributed by atoms with Crippen LogP contribution in [-0.4, -0.2) is 34.4 Å². The first kappa shape index (κ1) is 10.6. The number of rotatable bonds is 5. The molecule has 6 heteroatoms. The van der Waals surface area contributed by atoms with E-state index < -0.39 is 0 Å². The van der Waals surface area contributed by atoms with E-state index in [1.165, 1.54) is 7.11 Å². The Kier molecular flexibility index (Phi) is 4.06. The van der Waals surface area contributed by atoms with E-state index in [0.29, 0.717) is 19.5 Å². The van der Waals surface area contributed by atoms with Gasteiger partial charge in [-0.05, 0) is 0 Å². The van der Waals surface area contributed by atoms with E-state index in [9.17, 15) is 4.79 Å². The Balaban J connectivity index is 2.16. The van der Waals surface area contributed by atoms with Gasteiger partial charge in [0.25, 0.3) is 0 Å². The van der Waals surface area contributed by atoms with Gasteiger partial charge in [-0.15, -0.1) is 10.2 Å². The van der Waals surface area contributed by atoms with Crippen molar-refractivity contribution in [2.45, 2.75) is 13.0 Å². The van der Waals surface area contributed by atoms with Gasteiger partial charge in [0.15, 0.2) is 0 Å². The molecule has 0 amide bonds. The fourth-order valence-corrected chi connectivity index (χ4v) is 0.960. The number of methoxy groups -OCH3 is 1.